The Bertz CT molecular complexity index is 1320. The molecule has 0 radical (unpaired) electrons. The number of benzene rings is 3. The van der Waals surface area contributed by atoms with Gasteiger partial charge in [0.05, 0.1) is 33.4 Å². The average Bonchev–Trinajstić information content (AvgIpc) is 3.42. The maximum Gasteiger partial charge on any atom is 0.261 e. The first-order valence-corrected chi connectivity index (χ1v) is 12.1. The number of nitrogens with zero attached hydrogens (tertiary/aromatic N) is 3. The van der Waals surface area contributed by atoms with Crippen molar-refractivity contribution in [2.45, 2.75) is 6.92 Å². The summed E-state index contributed by atoms with van der Waals surface area (Å²) in [6, 6.07) is 19.3. The Morgan fingerprint density at radius 3 is 0.789 bits per heavy atom. The fourth-order valence-electron chi connectivity index (χ4n) is 5.44. The summed E-state index contributed by atoms with van der Waals surface area (Å²) in [6.07, 6.45) is 0. The molecule has 0 fully saturated rings. The van der Waals surface area contributed by atoms with Gasteiger partial charge in [-0.2, -0.15) is 0 Å². The van der Waals surface area contributed by atoms with E-state index in [0.717, 1.165) is 14.7 Å². The van der Waals surface area contributed by atoms with Gasteiger partial charge in [0.15, 0.2) is 0 Å². The Kier molecular flexibility index (Phi) is 5.13. The van der Waals surface area contributed by atoms with E-state index in [1.807, 2.05) is 0 Å². The highest BCUT2D eigenvalue weighted by Crippen LogP contribution is 2.34. The molecule has 0 saturated heterocycles. The van der Waals surface area contributed by atoms with Crippen molar-refractivity contribution in [2.24, 2.45) is 5.41 Å². The molecule has 6 amide bonds. The summed E-state index contributed by atoms with van der Waals surface area (Å²) in [7, 11) is 0. The second-order valence-corrected chi connectivity index (χ2v) is 10.0. The topological polar surface area (TPSA) is 112 Å². The molecule has 3 aliphatic heterocycles. The van der Waals surface area contributed by atoms with E-state index in [1.54, 1.807) is 79.7 Å². The summed E-state index contributed by atoms with van der Waals surface area (Å²) in [6.45, 7) is 0.990. The van der Waals surface area contributed by atoms with Gasteiger partial charge in [-0.1, -0.05) is 43.3 Å². The molecule has 0 N–H and O–H groups in total. The molecule has 0 bridgehead atoms. The van der Waals surface area contributed by atoms with E-state index in [4.69, 9.17) is 0 Å². The van der Waals surface area contributed by atoms with Crippen LogP contribution in [0.3, 0.4) is 0 Å². The number of carbonyl (C=O) groups is 6. The predicted molar refractivity (Wildman–Crippen MR) is 134 cm³/mol. The van der Waals surface area contributed by atoms with Crippen LogP contribution in [0.15, 0.2) is 72.8 Å². The van der Waals surface area contributed by atoms with Crippen molar-refractivity contribution in [3.63, 3.8) is 0 Å². The molecule has 9 nitrogen and oxygen atoms in total. The summed E-state index contributed by atoms with van der Waals surface area (Å²) in [5.74, 6) is -3.07. The Morgan fingerprint density at radius 2 is 0.605 bits per heavy atom. The van der Waals surface area contributed by atoms with Gasteiger partial charge in [-0.3, -0.25) is 43.5 Å². The molecule has 3 aliphatic rings. The fraction of sp³-hybridized carbons (Fsp3) is 0.172. The molecule has 9 heteroatoms. The quantitative estimate of drug-likeness (QED) is 0.475. The van der Waals surface area contributed by atoms with Crippen LogP contribution in [0.2, 0.25) is 0 Å². The third-order valence-corrected chi connectivity index (χ3v) is 7.25. The Hall–Kier alpha value is -4.92. The minimum Gasteiger partial charge on any atom is -0.274 e. The van der Waals surface area contributed by atoms with E-state index in [1.165, 1.54) is 0 Å². The first-order valence-electron chi connectivity index (χ1n) is 12.1. The van der Waals surface area contributed by atoms with Crippen molar-refractivity contribution in [3.05, 3.63) is 106 Å². The predicted octanol–water partition coefficient (Wildman–Crippen LogP) is 2.88. The van der Waals surface area contributed by atoms with Crippen molar-refractivity contribution < 1.29 is 28.8 Å². The second kappa shape index (κ2) is 8.31. The zero-order valence-corrected chi connectivity index (χ0v) is 20.3. The van der Waals surface area contributed by atoms with Crippen LogP contribution in [0, 0.1) is 5.41 Å². The average molecular weight is 508 g/mol. The lowest BCUT2D eigenvalue weighted by Gasteiger charge is -2.37. The number of hydrogen-bond acceptors (Lipinski definition) is 6. The number of hydrogen-bond donors (Lipinski definition) is 0. The van der Waals surface area contributed by atoms with E-state index in [2.05, 4.69) is 0 Å². The van der Waals surface area contributed by atoms with Crippen LogP contribution in [0.25, 0.3) is 0 Å². The summed E-state index contributed by atoms with van der Waals surface area (Å²) in [4.78, 5) is 82.3. The van der Waals surface area contributed by atoms with E-state index in [0.29, 0.717) is 0 Å². The van der Waals surface area contributed by atoms with Gasteiger partial charge in [-0.05, 0) is 36.4 Å². The summed E-state index contributed by atoms with van der Waals surface area (Å²) < 4.78 is 0. The van der Waals surface area contributed by atoms with Crippen molar-refractivity contribution in [1.82, 2.24) is 14.7 Å². The van der Waals surface area contributed by atoms with Crippen LogP contribution in [0.5, 0.6) is 0 Å². The smallest absolute Gasteiger partial charge is 0.261 e. The first-order chi connectivity index (χ1) is 18.2. The standard InChI is InChI=1S/C29H21N3O6/c1-29(14-30-23(33)17-8-2-3-9-18(17)24(30)34,15-31-25(35)19-10-4-5-11-20(19)26(31)36)16-32-27(37)21-12-6-7-13-22(21)28(32)38/h2-13H,14-16H2,1H3. The largest absolute Gasteiger partial charge is 0.274 e. The van der Waals surface area contributed by atoms with Crippen LogP contribution in [0.1, 0.15) is 69.1 Å². The maximum absolute atomic E-state index is 13.2. The highest BCUT2D eigenvalue weighted by atomic mass is 16.2. The molecule has 0 aromatic heterocycles. The van der Waals surface area contributed by atoms with E-state index >= 15 is 0 Å². The molecule has 6 rings (SSSR count). The number of carbonyl (C=O) groups excluding carboxylic acids is 6. The number of rotatable bonds is 6. The third kappa shape index (κ3) is 3.39. The molecular formula is C29H21N3O6. The molecule has 3 heterocycles. The minimum absolute atomic E-state index is 0.222. The molecule has 0 saturated carbocycles. The van der Waals surface area contributed by atoms with Gasteiger partial charge in [0.25, 0.3) is 35.4 Å². The van der Waals surface area contributed by atoms with Crippen molar-refractivity contribution in [1.29, 1.82) is 0 Å². The highest BCUT2D eigenvalue weighted by molar-refractivity contribution is 6.23. The third-order valence-electron chi connectivity index (χ3n) is 7.25. The number of amides is 6. The van der Waals surface area contributed by atoms with Gasteiger partial charge in [0.1, 0.15) is 0 Å². The van der Waals surface area contributed by atoms with Gasteiger partial charge in [0.2, 0.25) is 0 Å². The lowest BCUT2D eigenvalue weighted by molar-refractivity contribution is 0.0386. The Morgan fingerprint density at radius 1 is 0.421 bits per heavy atom. The van der Waals surface area contributed by atoms with E-state index in [-0.39, 0.29) is 53.0 Å². The van der Waals surface area contributed by atoms with Gasteiger partial charge in [-0.25, -0.2) is 0 Å². The van der Waals surface area contributed by atoms with Crippen LogP contribution in [0.4, 0.5) is 0 Å². The Labute approximate surface area is 217 Å². The van der Waals surface area contributed by atoms with Crippen LogP contribution < -0.4 is 0 Å². The molecule has 3 aromatic rings. The SMILES string of the molecule is CC(CN1C(=O)c2ccccc2C1=O)(CN1C(=O)c2ccccc2C1=O)CN1C(=O)c2ccccc2C1=O. The summed E-state index contributed by atoms with van der Waals surface area (Å²) >= 11 is 0. The highest BCUT2D eigenvalue weighted by Gasteiger charge is 2.47. The molecule has 0 spiro atoms. The fourth-order valence-corrected chi connectivity index (χ4v) is 5.44. The van der Waals surface area contributed by atoms with E-state index in [9.17, 15) is 28.8 Å². The van der Waals surface area contributed by atoms with Crippen molar-refractivity contribution in [2.75, 3.05) is 19.6 Å². The Balaban J connectivity index is 1.36. The lowest BCUT2D eigenvalue weighted by atomic mass is 9.88. The molecule has 3 aromatic carbocycles. The minimum atomic E-state index is -1.23. The van der Waals surface area contributed by atoms with Crippen molar-refractivity contribution >= 4 is 35.4 Å². The molecule has 188 valence electrons. The van der Waals surface area contributed by atoms with Gasteiger partial charge in [-0.15, -0.1) is 0 Å². The molecule has 0 aliphatic carbocycles. The lowest BCUT2D eigenvalue weighted by Crippen LogP contribution is -2.53. The van der Waals surface area contributed by atoms with Gasteiger partial charge < -0.3 is 0 Å². The zero-order chi connectivity index (χ0) is 26.8. The summed E-state index contributed by atoms with van der Waals surface area (Å²) in [5.41, 5.74) is 0.279. The second-order valence-electron chi connectivity index (χ2n) is 10.0. The normalized spacial score (nSPS) is 16.5. The van der Waals surface area contributed by atoms with Gasteiger partial charge >= 0.3 is 0 Å². The summed E-state index contributed by atoms with van der Waals surface area (Å²) in [5, 5.41) is 0. The van der Waals surface area contributed by atoms with Crippen LogP contribution >= 0.6 is 0 Å². The maximum atomic E-state index is 13.2. The zero-order valence-electron chi connectivity index (χ0n) is 20.3. The van der Waals surface area contributed by atoms with Crippen LogP contribution in [-0.4, -0.2) is 69.8 Å². The molecular weight excluding hydrogens is 486 g/mol. The van der Waals surface area contributed by atoms with E-state index < -0.39 is 40.9 Å². The number of imide groups is 3. The van der Waals surface area contributed by atoms with Crippen LogP contribution in [-0.2, 0) is 0 Å². The van der Waals surface area contributed by atoms with Crippen molar-refractivity contribution in [3.8, 4) is 0 Å². The molecule has 38 heavy (non-hydrogen) atoms. The molecule has 0 unspecified atom stereocenters. The molecule has 0 atom stereocenters. The monoisotopic (exact) mass is 507 g/mol. The number of fused-ring (bicyclic) bond motifs is 3. The first kappa shape index (κ1) is 23.5. The van der Waals surface area contributed by atoms with Gasteiger partial charge in [0, 0.05) is 25.0 Å².